The third-order valence-corrected chi connectivity index (χ3v) is 7.27. The standard InChI is InChI=1S/C36H23BrN6/c37-30-22-28(35-40-31(24-13-5-1-6-14-24)38-32(41-35)25-15-7-2-8-16-25)21-29(23-30)36-42-33(26-17-9-3-10-18-26)39-34(43-36)27-19-11-4-12-20-27/h1-23H. The van der Waals surface area contributed by atoms with Crippen molar-refractivity contribution in [3.63, 3.8) is 0 Å². The van der Waals surface area contributed by atoms with E-state index in [0.29, 0.717) is 34.9 Å². The summed E-state index contributed by atoms with van der Waals surface area (Å²) in [4.78, 5) is 29.3. The van der Waals surface area contributed by atoms with Gasteiger partial charge in [-0.05, 0) is 18.2 Å². The molecule has 2 heterocycles. The Balaban J connectivity index is 1.40. The van der Waals surface area contributed by atoms with Crippen LogP contribution in [0, 0.1) is 0 Å². The lowest BCUT2D eigenvalue weighted by atomic mass is 10.1. The normalized spacial score (nSPS) is 10.9. The minimum absolute atomic E-state index is 0.552. The van der Waals surface area contributed by atoms with E-state index in [-0.39, 0.29) is 0 Å². The van der Waals surface area contributed by atoms with E-state index in [9.17, 15) is 0 Å². The van der Waals surface area contributed by atoms with E-state index >= 15 is 0 Å². The number of halogens is 1. The highest BCUT2D eigenvalue weighted by Crippen LogP contribution is 2.32. The molecule has 204 valence electrons. The predicted octanol–water partition coefficient (Wildman–Crippen LogP) is 8.82. The smallest absolute Gasteiger partial charge is 0.164 e. The lowest BCUT2D eigenvalue weighted by Crippen LogP contribution is -2.02. The molecule has 7 heteroatoms. The third-order valence-electron chi connectivity index (χ3n) is 6.81. The molecule has 0 atom stereocenters. The molecule has 6 nitrogen and oxygen atoms in total. The summed E-state index contributed by atoms with van der Waals surface area (Å²) in [6.45, 7) is 0. The molecule has 0 spiro atoms. The number of hydrogen-bond donors (Lipinski definition) is 0. The van der Waals surface area contributed by atoms with Crippen molar-refractivity contribution in [3.05, 3.63) is 144 Å². The van der Waals surface area contributed by atoms with Crippen LogP contribution in [0.2, 0.25) is 0 Å². The number of benzene rings is 5. The van der Waals surface area contributed by atoms with Gasteiger partial charge in [0.25, 0.3) is 0 Å². The lowest BCUT2D eigenvalue weighted by Gasteiger charge is -2.11. The van der Waals surface area contributed by atoms with Crippen LogP contribution in [0.4, 0.5) is 0 Å². The molecule has 0 aliphatic rings. The van der Waals surface area contributed by atoms with Crippen LogP contribution < -0.4 is 0 Å². The van der Waals surface area contributed by atoms with Crippen molar-refractivity contribution in [3.8, 4) is 68.3 Å². The van der Waals surface area contributed by atoms with Crippen molar-refractivity contribution in [2.45, 2.75) is 0 Å². The molecule has 0 N–H and O–H groups in total. The van der Waals surface area contributed by atoms with Crippen LogP contribution >= 0.6 is 15.9 Å². The summed E-state index contributed by atoms with van der Waals surface area (Å²) in [6, 6.07) is 45.8. The maximum atomic E-state index is 4.91. The van der Waals surface area contributed by atoms with Crippen LogP contribution in [-0.4, -0.2) is 29.9 Å². The average molecular weight is 620 g/mol. The van der Waals surface area contributed by atoms with Crippen LogP contribution in [0.3, 0.4) is 0 Å². The van der Waals surface area contributed by atoms with Gasteiger partial charge < -0.3 is 0 Å². The second-order valence-corrected chi connectivity index (χ2v) is 10.7. The Labute approximate surface area is 257 Å². The molecule has 7 rings (SSSR count). The summed E-state index contributed by atoms with van der Waals surface area (Å²) in [5.74, 6) is 3.51. The Morgan fingerprint density at radius 2 is 0.512 bits per heavy atom. The Hall–Kier alpha value is -5.40. The maximum Gasteiger partial charge on any atom is 0.164 e. The molecule has 0 aliphatic heterocycles. The Morgan fingerprint density at radius 3 is 0.767 bits per heavy atom. The average Bonchev–Trinajstić information content (AvgIpc) is 3.09. The third kappa shape index (κ3) is 5.84. The van der Waals surface area contributed by atoms with E-state index < -0.39 is 0 Å². The van der Waals surface area contributed by atoms with Gasteiger partial charge in [0.05, 0.1) is 0 Å². The largest absolute Gasteiger partial charge is 0.208 e. The van der Waals surface area contributed by atoms with Crippen LogP contribution in [0.25, 0.3) is 68.3 Å². The van der Waals surface area contributed by atoms with E-state index in [1.54, 1.807) is 0 Å². The summed E-state index contributed by atoms with van der Waals surface area (Å²) < 4.78 is 0.853. The molecule has 43 heavy (non-hydrogen) atoms. The minimum Gasteiger partial charge on any atom is -0.208 e. The number of rotatable bonds is 6. The Kier molecular flexibility index (Phi) is 7.29. The van der Waals surface area contributed by atoms with E-state index in [2.05, 4.69) is 15.9 Å². The van der Waals surface area contributed by atoms with E-state index in [1.807, 2.05) is 140 Å². The lowest BCUT2D eigenvalue weighted by molar-refractivity contribution is 1.07. The summed E-state index contributed by atoms with van der Waals surface area (Å²) in [5.41, 5.74) is 5.27. The molecular weight excluding hydrogens is 596 g/mol. The first-order valence-electron chi connectivity index (χ1n) is 13.7. The molecule has 0 amide bonds. The zero-order chi connectivity index (χ0) is 29.0. The molecule has 0 radical (unpaired) electrons. The SMILES string of the molecule is Brc1cc(-c2nc(-c3ccccc3)nc(-c3ccccc3)n2)cc(-c2nc(-c3ccccc3)nc(-c3ccccc3)n2)c1. The van der Waals surface area contributed by atoms with Gasteiger partial charge in [-0.1, -0.05) is 137 Å². The summed E-state index contributed by atoms with van der Waals surface area (Å²) in [6.07, 6.45) is 0. The molecule has 0 fully saturated rings. The molecular formula is C36H23BrN6. The van der Waals surface area contributed by atoms with E-state index in [0.717, 1.165) is 37.9 Å². The topological polar surface area (TPSA) is 77.3 Å². The molecule has 0 aliphatic carbocycles. The van der Waals surface area contributed by atoms with Crippen LogP contribution in [-0.2, 0) is 0 Å². The first-order valence-corrected chi connectivity index (χ1v) is 14.5. The number of aromatic nitrogens is 6. The van der Waals surface area contributed by atoms with Crippen molar-refractivity contribution in [2.24, 2.45) is 0 Å². The molecule has 5 aromatic carbocycles. The predicted molar refractivity (Wildman–Crippen MR) is 174 cm³/mol. The van der Waals surface area contributed by atoms with Gasteiger partial charge in [-0.3, -0.25) is 0 Å². The van der Waals surface area contributed by atoms with Crippen LogP contribution in [0.15, 0.2) is 144 Å². The van der Waals surface area contributed by atoms with Crippen molar-refractivity contribution in [1.82, 2.24) is 29.9 Å². The van der Waals surface area contributed by atoms with E-state index in [1.165, 1.54) is 0 Å². The fourth-order valence-electron chi connectivity index (χ4n) is 4.72. The first kappa shape index (κ1) is 26.5. The van der Waals surface area contributed by atoms with Gasteiger partial charge >= 0.3 is 0 Å². The second kappa shape index (κ2) is 11.8. The first-order chi connectivity index (χ1) is 21.2. The van der Waals surface area contributed by atoms with Gasteiger partial charge in [0.1, 0.15) is 0 Å². The molecule has 0 saturated carbocycles. The summed E-state index contributed by atoms with van der Waals surface area (Å²) >= 11 is 3.72. The van der Waals surface area contributed by atoms with Gasteiger partial charge in [0.15, 0.2) is 34.9 Å². The molecule has 7 aromatic rings. The Morgan fingerprint density at radius 1 is 0.279 bits per heavy atom. The molecule has 0 saturated heterocycles. The number of nitrogens with zero attached hydrogens (tertiary/aromatic N) is 6. The maximum absolute atomic E-state index is 4.91. The van der Waals surface area contributed by atoms with Crippen LogP contribution in [0.5, 0.6) is 0 Å². The van der Waals surface area contributed by atoms with Crippen LogP contribution in [0.1, 0.15) is 0 Å². The molecule has 0 unspecified atom stereocenters. The highest BCUT2D eigenvalue weighted by Gasteiger charge is 2.16. The second-order valence-electron chi connectivity index (χ2n) is 9.81. The summed E-state index contributed by atoms with van der Waals surface area (Å²) in [5, 5.41) is 0. The zero-order valence-electron chi connectivity index (χ0n) is 22.8. The minimum atomic E-state index is 0.552. The fraction of sp³-hybridized carbons (Fsp3) is 0. The number of hydrogen-bond acceptors (Lipinski definition) is 6. The van der Waals surface area contributed by atoms with Gasteiger partial charge in [0.2, 0.25) is 0 Å². The van der Waals surface area contributed by atoms with Gasteiger partial charge in [0, 0.05) is 37.9 Å². The highest BCUT2D eigenvalue weighted by atomic mass is 79.9. The Bertz CT molecular complexity index is 1760. The van der Waals surface area contributed by atoms with Crippen molar-refractivity contribution in [1.29, 1.82) is 0 Å². The summed E-state index contributed by atoms with van der Waals surface area (Å²) in [7, 11) is 0. The van der Waals surface area contributed by atoms with Crippen molar-refractivity contribution in [2.75, 3.05) is 0 Å². The highest BCUT2D eigenvalue weighted by molar-refractivity contribution is 9.10. The van der Waals surface area contributed by atoms with Gasteiger partial charge in [-0.25, -0.2) is 29.9 Å². The fourth-order valence-corrected chi connectivity index (χ4v) is 5.22. The zero-order valence-corrected chi connectivity index (χ0v) is 24.4. The van der Waals surface area contributed by atoms with E-state index in [4.69, 9.17) is 29.9 Å². The van der Waals surface area contributed by atoms with Gasteiger partial charge in [-0.15, -0.1) is 0 Å². The van der Waals surface area contributed by atoms with Crippen molar-refractivity contribution >= 4 is 15.9 Å². The monoisotopic (exact) mass is 618 g/mol. The van der Waals surface area contributed by atoms with Crippen molar-refractivity contribution < 1.29 is 0 Å². The molecule has 0 bridgehead atoms. The van der Waals surface area contributed by atoms with Gasteiger partial charge in [-0.2, -0.15) is 0 Å². The quantitative estimate of drug-likeness (QED) is 0.185. The molecule has 2 aromatic heterocycles.